The first-order valence-corrected chi connectivity index (χ1v) is 8.62. The summed E-state index contributed by atoms with van der Waals surface area (Å²) < 4.78 is 23.5. The molecule has 1 amide bonds. The summed E-state index contributed by atoms with van der Waals surface area (Å²) in [4.78, 5) is 14.5. The van der Waals surface area contributed by atoms with Gasteiger partial charge in [-0.15, -0.1) is 0 Å². The van der Waals surface area contributed by atoms with Crippen LogP contribution in [0.4, 0.5) is 10.1 Å². The van der Waals surface area contributed by atoms with Crippen LogP contribution in [0.3, 0.4) is 0 Å². The van der Waals surface area contributed by atoms with Crippen molar-refractivity contribution < 1.29 is 18.7 Å². The highest BCUT2D eigenvalue weighted by Crippen LogP contribution is 2.33. The molecular weight excluding hydrogens is 335 g/mol. The van der Waals surface area contributed by atoms with Gasteiger partial charge in [-0.3, -0.25) is 9.69 Å². The Hall–Kier alpha value is -2.60. The summed E-state index contributed by atoms with van der Waals surface area (Å²) in [5.74, 6) is 0.930. The molecule has 1 aliphatic rings. The van der Waals surface area contributed by atoms with Gasteiger partial charge in [0.1, 0.15) is 17.3 Å². The fourth-order valence-corrected chi connectivity index (χ4v) is 3.13. The monoisotopic (exact) mass is 358 g/mol. The first-order chi connectivity index (χ1) is 12.6. The van der Waals surface area contributed by atoms with Gasteiger partial charge in [0.2, 0.25) is 5.91 Å². The van der Waals surface area contributed by atoms with Gasteiger partial charge in [0, 0.05) is 31.6 Å². The largest absolute Gasteiger partial charge is 0.497 e. The van der Waals surface area contributed by atoms with Crippen molar-refractivity contribution in [1.82, 2.24) is 4.90 Å². The molecule has 26 heavy (non-hydrogen) atoms. The smallest absolute Gasteiger partial charge is 0.225 e. The molecule has 3 rings (SSSR count). The van der Waals surface area contributed by atoms with Crippen LogP contribution in [0.2, 0.25) is 0 Å². The summed E-state index contributed by atoms with van der Waals surface area (Å²) in [6, 6.07) is 12.1. The van der Waals surface area contributed by atoms with Crippen molar-refractivity contribution in [3.8, 4) is 11.5 Å². The van der Waals surface area contributed by atoms with Crippen molar-refractivity contribution >= 4 is 11.6 Å². The highest BCUT2D eigenvalue weighted by Gasteiger charge is 2.29. The minimum absolute atomic E-state index is 0.0711. The predicted octanol–water partition coefficient (Wildman–Crippen LogP) is 3.62. The molecule has 138 valence electrons. The number of benzene rings is 2. The Morgan fingerprint density at radius 1 is 1.19 bits per heavy atom. The maximum absolute atomic E-state index is 13.1. The molecule has 0 bridgehead atoms. The Balaban J connectivity index is 1.54. The summed E-state index contributed by atoms with van der Waals surface area (Å²) in [5, 5.41) is 2.88. The highest BCUT2D eigenvalue weighted by atomic mass is 19.1. The third-order valence-corrected chi connectivity index (χ3v) is 4.69. The average molecular weight is 358 g/mol. The number of nitrogens with one attached hydrogen (secondary N) is 1. The van der Waals surface area contributed by atoms with Gasteiger partial charge in [0.15, 0.2) is 0 Å². The fraction of sp³-hybridized carbons (Fsp3) is 0.350. The molecule has 2 aromatic carbocycles. The summed E-state index contributed by atoms with van der Waals surface area (Å²) >= 11 is 0. The molecule has 5 nitrogen and oxygen atoms in total. The topological polar surface area (TPSA) is 50.8 Å². The highest BCUT2D eigenvalue weighted by molar-refractivity contribution is 5.92. The number of halogens is 1. The summed E-state index contributed by atoms with van der Waals surface area (Å²) in [5.41, 5.74) is 1.71. The van der Waals surface area contributed by atoms with E-state index in [0.29, 0.717) is 30.2 Å². The van der Waals surface area contributed by atoms with E-state index in [2.05, 4.69) is 10.2 Å². The van der Waals surface area contributed by atoms with Gasteiger partial charge in [0.05, 0.1) is 19.9 Å². The van der Waals surface area contributed by atoms with Crippen LogP contribution in [0, 0.1) is 5.82 Å². The number of likely N-dealkylation sites (tertiary alicyclic amines) is 1. The molecule has 1 fully saturated rings. The number of hydrogen-bond acceptors (Lipinski definition) is 4. The second kappa shape index (κ2) is 8.19. The van der Waals surface area contributed by atoms with Gasteiger partial charge >= 0.3 is 0 Å². The zero-order valence-corrected chi connectivity index (χ0v) is 15.0. The lowest BCUT2D eigenvalue weighted by molar-refractivity contribution is -0.117. The first kappa shape index (κ1) is 18.2. The molecule has 0 unspecified atom stereocenters. The fourth-order valence-electron chi connectivity index (χ4n) is 3.13. The van der Waals surface area contributed by atoms with Crippen LogP contribution < -0.4 is 14.8 Å². The summed E-state index contributed by atoms with van der Waals surface area (Å²) in [6.45, 7) is 1.60. The van der Waals surface area contributed by atoms with Gasteiger partial charge < -0.3 is 14.8 Å². The number of methoxy groups -OCH3 is 2. The number of rotatable bonds is 7. The molecule has 2 aromatic rings. The maximum Gasteiger partial charge on any atom is 0.225 e. The lowest BCUT2D eigenvalue weighted by Gasteiger charge is -2.41. The molecule has 0 aliphatic carbocycles. The normalized spacial score (nSPS) is 16.7. The molecule has 0 aromatic heterocycles. The lowest BCUT2D eigenvalue weighted by atomic mass is 9.94. The van der Waals surface area contributed by atoms with Crippen LogP contribution in [0.15, 0.2) is 42.5 Å². The van der Waals surface area contributed by atoms with E-state index in [1.54, 1.807) is 32.4 Å². The Labute approximate surface area is 152 Å². The molecule has 6 heteroatoms. The van der Waals surface area contributed by atoms with Gasteiger partial charge in [-0.05, 0) is 36.2 Å². The van der Waals surface area contributed by atoms with E-state index in [9.17, 15) is 9.18 Å². The molecule has 1 saturated heterocycles. The van der Waals surface area contributed by atoms with E-state index < -0.39 is 0 Å². The van der Waals surface area contributed by atoms with Crippen LogP contribution in [0.1, 0.15) is 24.4 Å². The SMILES string of the molecule is COc1ccc(NC(=O)CCN2CC[C@H]2c2ccc(F)cc2)c(OC)c1. The standard InChI is InChI=1S/C20H23FN2O3/c1-25-16-7-8-17(19(13-16)26-2)22-20(24)10-12-23-11-9-18(23)14-3-5-15(21)6-4-14/h3-8,13,18H,9-12H2,1-2H3,(H,22,24)/t18-/m0/s1. The number of ether oxygens (including phenoxy) is 2. The third-order valence-electron chi connectivity index (χ3n) is 4.69. The van der Waals surface area contributed by atoms with Gasteiger partial charge in [0.25, 0.3) is 0 Å². The average Bonchev–Trinajstić information content (AvgIpc) is 2.63. The third kappa shape index (κ3) is 4.14. The van der Waals surface area contributed by atoms with E-state index in [1.807, 2.05) is 12.1 Å². The molecular formula is C20H23FN2O3. The van der Waals surface area contributed by atoms with Gasteiger partial charge in [-0.2, -0.15) is 0 Å². The molecule has 0 radical (unpaired) electrons. The minimum atomic E-state index is -0.229. The molecule has 1 heterocycles. The molecule has 0 saturated carbocycles. The van der Waals surface area contributed by atoms with Crippen molar-refractivity contribution in [3.63, 3.8) is 0 Å². The number of hydrogen-bond donors (Lipinski definition) is 1. The molecule has 1 aliphatic heterocycles. The van der Waals surface area contributed by atoms with E-state index in [1.165, 1.54) is 12.1 Å². The van der Waals surface area contributed by atoms with Crippen molar-refractivity contribution in [1.29, 1.82) is 0 Å². The quantitative estimate of drug-likeness (QED) is 0.821. The molecule has 0 spiro atoms. The molecule has 1 N–H and O–H groups in total. The first-order valence-electron chi connectivity index (χ1n) is 8.62. The summed E-state index contributed by atoms with van der Waals surface area (Å²) in [7, 11) is 3.13. The van der Waals surface area contributed by atoms with Crippen molar-refractivity contribution in [2.45, 2.75) is 18.9 Å². The number of carbonyl (C=O) groups excluding carboxylic acids is 1. The van der Waals surface area contributed by atoms with E-state index in [-0.39, 0.29) is 17.8 Å². The zero-order chi connectivity index (χ0) is 18.5. The number of nitrogens with zero attached hydrogens (tertiary/aromatic N) is 1. The van der Waals surface area contributed by atoms with E-state index in [0.717, 1.165) is 18.5 Å². The Morgan fingerprint density at radius 3 is 2.58 bits per heavy atom. The van der Waals surface area contributed by atoms with E-state index in [4.69, 9.17) is 9.47 Å². The Kier molecular flexibility index (Phi) is 5.73. The van der Waals surface area contributed by atoms with Crippen LogP contribution >= 0.6 is 0 Å². The number of anilines is 1. The number of amides is 1. The molecule has 1 atom stereocenters. The summed E-state index contributed by atoms with van der Waals surface area (Å²) in [6.07, 6.45) is 1.41. The second-order valence-corrected chi connectivity index (χ2v) is 6.26. The predicted molar refractivity (Wildman–Crippen MR) is 98.1 cm³/mol. The second-order valence-electron chi connectivity index (χ2n) is 6.26. The van der Waals surface area contributed by atoms with Crippen molar-refractivity contribution in [3.05, 3.63) is 53.8 Å². The van der Waals surface area contributed by atoms with Crippen LogP contribution in [0.5, 0.6) is 11.5 Å². The van der Waals surface area contributed by atoms with Gasteiger partial charge in [-0.1, -0.05) is 12.1 Å². The van der Waals surface area contributed by atoms with Crippen LogP contribution in [-0.4, -0.2) is 38.1 Å². The zero-order valence-electron chi connectivity index (χ0n) is 15.0. The van der Waals surface area contributed by atoms with Gasteiger partial charge in [-0.25, -0.2) is 4.39 Å². The minimum Gasteiger partial charge on any atom is -0.497 e. The van der Waals surface area contributed by atoms with Crippen molar-refractivity contribution in [2.24, 2.45) is 0 Å². The Morgan fingerprint density at radius 2 is 1.96 bits per heavy atom. The van der Waals surface area contributed by atoms with Crippen molar-refractivity contribution in [2.75, 3.05) is 32.6 Å². The van der Waals surface area contributed by atoms with Crippen LogP contribution in [-0.2, 0) is 4.79 Å². The van der Waals surface area contributed by atoms with E-state index >= 15 is 0 Å². The maximum atomic E-state index is 13.1. The number of carbonyl (C=O) groups is 1. The Bertz CT molecular complexity index is 764. The van der Waals surface area contributed by atoms with Crippen LogP contribution in [0.25, 0.3) is 0 Å². The lowest BCUT2D eigenvalue weighted by Crippen LogP contribution is -2.42.